The van der Waals surface area contributed by atoms with E-state index in [-0.39, 0.29) is 5.56 Å². The molecule has 0 heterocycles. The van der Waals surface area contributed by atoms with Crippen LogP contribution in [0.1, 0.15) is 15.9 Å². The molecule has 0 atom stereocenters. The highest BCUT2D eigenvalue weighted by atomic mass is 32.2. The zero-order valence-electron chi connectivity index (χ0n) is 12.1. The number of sulfonamides is 1. The maximum atomic E-state index is 13.2. The van der Waals surface area contributed by atoms with E-state index in [1.807, 2.05) is 0 Å². The zero-order chi connectivity index (χ0) is 16.3. The summed E-state index contributed by atoms with van der Waals surface area (Å²) in [6, 6.07) is 10.1. The van der Waals surface area contributed by atoms with Crippen LogP contribution in [0.3, 0.4) is 0 Å². The third-order valence-electron chi connectivity index (χ3n) is 2.89. The Morgan fingerprint density at radius 1 is 1.05 bits per heavy atom. The summed E-state index contributed by atoms with van der Waals surface area (Å²) in [5.74, 6) is -0.913. The van der Waals surface area contributed by atoms with Gasteiger partial charge in [-0.3, -0.25) is 9.52 Å². The topological polar surface area (TPSA) is 75.3 Å². The molecule has 0 aromatic heterocycles. The lowest BCUT2D eigenvalue weighted by Crippen LogP contribution is -2.14. The van der Waals surface area contributed by atoms with Crippen LogP contribution in [0, 0.1) is 12.7 Å². The normalized spacial score (nSPS) is 11.0. The minimum absolute atomic E-state index is 0.248. The van der Waals surface area contributed by atoms with Gasteiger partial charge in [-0.1, -0.05) is 6.07 Å². The van der Waals surface area contributed by atoms with Crippen molar-refractivity contribution in [3.63, 3.8) is 0 Å². The van der Waals surface area contributed by atoms with E-state index in [1.54, 1.807) is 19.1 Å². The molecular weight excluding hydrogens is 307 g/mol. The highest BCUT2D eigenvalue weighted by molar-refractivity contribution is 7.92. The van der Waals surface area contributed by atoms with E-state index < -0.39 is 21.7 Å². The van der Waals surface area contributed by atoms with Crippen molar-refractivity contribution < 1.29 is 17.6 Å². The van der Waals surface area contributed by atoms with Gasteiger partial charge in [-0.2, -0.15) is 0 Å². The predicted molar refractivity (Wildman–Crippen MR) is 84.0 cm³/mol. The second kappa shape index (κ2) is 6.15. The van der Waals surface area contributed by atoms with E-state index in [9.17, 15) is 17.6 Å². The Balaban J connectivity index is 2.14. The number of carbonyl (C=O) groups excluding carboxylic acids is 1. The molecule has 0 bridgehead atoms. The van der Waals surface area contributed by atoms with Gasteiger partial charge in [0.05, 0.1) is 6.26 Å². The molecule has 0 fully saturated rings. The number of amides is 1. The van der Waals surface area contributed by atoms with Crippen molar-refractivity contribution in [3.05, 3.63) is 59.4 Å². The fourth-order valence-electron chi connectivity index (χ4n) is 1.87. The van der Waals surface area contributed by atoms with E-state index >= 15 is 0 Å². The molecule has 2 aromatic rings. The zero-order valence-corrected chi connectivity index (χ0v) is 12.9. The van der Waals surface area contributed by atoms with Gasteiger partial charge in [-0.05, 0) is 48.9 Å². The molecule has 0 saturated heterocycles. The summed E-state index contributed by atoms with van der Waals surface area (Å²) in [4.78, 5) is 12.1. The lowest BCUT2D eigenvalue weighted by molar-refractivity contribution is 0.102. The van der Waals surface area contributed by atoms with Crippen LogP contribution in [-0.2, 0) is 10.0 Å². The van der Waals surface area contributed by atoms with Crippen molar-refractivity contribution in [2.45, 2.75) is 6.92 Å². The smallest absolute Gasteiger partial charge is 0.256 e. The Hall–Kier alpha value is -2.41. The Labute approximate surface area is 128 Å². The molecule has 2 N–H and O–H groups in total. The first-order valence-electron chi connectivity index (χ1n) is 6.40. The number of hydrogen-bond donors (Lipinski definition) is 2. The summed E-state index contributed by atoms with van der Waals surface area (Å²) in [6.07, 6.45) is 1.05. The second-order valence-electron chi connectivity index (χ2n) is 4.86. The third kappa shape index (κ3) is 4.29. The van der Waals surface area contributed by atoms with Gasteiger partial charge in [-0.25, -0.2) is 12.8 Å². The maximum Gasteiger partial charge on any atom is 0.256 e. The van der Waals surface area contributed by atoms with E-state index in [0.29, 0.717) is 16.9 Å². The maximum absolute atomic E-state index is 13.2. The van der Waals surface area contributed by atoms with Crippen LogP contribution in [0.15, 0.2) is 42.5 Å². The van der Waals surface area contributed by atoms with E-state index in [1.165, 1.54) is 30.3 Å². The van der Waals surface area contributed by atoms with Crippen molar-refractivity contribution in [2.75, 3.05) is 16.3 Å². The van der Waals surface area contributed by atoms with Gasteiger partial charge in [-0.15, -0.1) is 0 Å². The molecule has 22 heavy (non-hydrogen) atoms. The predicted octanol–water partition coefficient (Wildman–Crippen LogP) is 2.76. The Morgan fingerprint density at radius 3 is 2.23 bits per heavy atom. The minimum Gasteiger partial charge on any atom is -0.322 e. The molecule has 7 heteroatoms. The van der Waals surface area contributed by atoms with E-state index in [4.69, 9.17) is 0 Å². The summed E-state index contributed by atoms with van der Waals surface area (Å²) in [5.41, 5.74) is 1.78. The fourth-order valence-corrected chi connectivity index (χ4v) is 2.44. The summed E-state index contributed by atoms with van der Waals surface area (Å²) in [5, 5.41) is 2.63. The molecule has 0 aliphatic carbocycles. The standard InChI is InChI=1S/C15H15FN2O3S/c1-10-3-4-11(16)9-14(10)15(19)17-12-5-7-13(8-6-12)18-22(2,20)21/h3-9,18H,1-2H3,(H,17,19). The number of benzene rings is 2. The second-order valence-corrected chi connectivity index (χ2v) is 6.61. The summed E-state index contributed by atoms with van der Waals surface area (Å²) in [7, 11) is -3.35. The van der Waals surface area contributed by atoms with E-state index in [2.05, 4.69) is 10.0 Å². The molecule has 0 radical (unpaired) electrons. The molecule has 5 nitrogen and oxygen atoms in total. The Bertz CT molecular complexity index is 802. The lowest BCUT2D eigenvalue weighted by atomic mass is 10.1. The fraction of sp³-hybridized carbons (Fsp3) is 0.133. The van der Waals surface area contributed by atoms with Crippen LogP contribution in [0.25, 0.3) is 0 Å². The van der Waals surface area contributed by atoms with E-state index in [0.717, 1.165) is 6.26 Å². The number of hydrogen-bond acceptors (Lipinski definition) is 3. The molecule has 0 spiro atoms. The average molecular weight is 322 g/mol. The number of aryl methyl sites for hydroxylation is 1. The van der Waals surface area contributed by atoms with Gasteiger partial charge in [0.25, 0.3) is 5.91 Å². The SMILES string of the molecule is Cc1ccc(F)cc1C(=O)Nc1ccc(NS(C)(=O)=O)cc1. The van der Waals surface area contributed by atoms with Gasteiger partial charge in [0.15, 0.2) is 0 Å². The number of nitrogens with one attached hydrogen (secondary N) is 2. The van der Waals surface area contributed by atoms with Gasteiger partial charge in [0.2, 0.25) is 10.0 Å². The van der Waals surface area contributed by atoms with Gasteiger partial charge < -0.3 is 5.32 Å². The number of anilines is 2. The van der Waals surface area contributed by atoms with Crippen molar-refractivity contribution in [2.24, 2.45) is 0 Å². The Kier molecular flexibility index (Phi) is 4.46. The third-order valence-corrected chi connectivity index (χ3v) is 3.50. The quantitative estimate of drug-likeness (QED) is 0.909. The monoisotopic (exact) mass is 322 g/mol. The van der Waals surface area contributed by atoms with Gasteiger partial charge in [0, 0.05) is 16.9 Å². The summed E-state index contributed by atoms with van der Waals surface area (Å²) in [6.45, 7) is 1.72. The minimum atomic E-state index is -3.35. The van der Waals surface area contributed by atoms with Crippen LogP contribution < -0.4 is 10.0 Å². The van der Waals surface area contributed by atoms with Crippen molar-refractivity contribution in [1.29, 1.82) is 0 Å². The first kappa shape index (κ1) is 16.0. The number of carbonyl (C=O) groups is 1. The molecule has 0 aliphatic heterocycles. The molecule has 116 valence electrons. The van der Waals surface area contributed by atoms with Crippen molar-refractivity contribution in [1.82, 2.24) is 0 Å². The van der Waals surface area contributed by atoms with Crippen LogP contribution >= 0.6 is 0 Å². The Morgan fingerprint density at radius 2 is 1.64 bits per heavy atom. The molecule has 0 saturated carbocycles. The van der Waals surface area contributed by atoms with Crippen LogP contribution in [0.5, 0.6) is 0 Å². The molecule has 0 aliphatic rings. The molecule has 0 unspecified atom stereocenters. The molecular formula is C15H15FN2O3S. The van der Waals surface area contributed by atoms with Crippen LogP contribution in [0.2, 0.25) is 0 Å². The van der Waals surface area contributed by atoms with Crippen LogP contribution in [-0.4, -0.2) is 20.6 Å². The van der Waals surface area contributed by atoms with Gasteiger partial charge >= 0.3 is 0 Å². The largest absolute Gasteiger partial charge is 0.322 e. The number of halogens is 1. The average Bonchev–Trinajstić information content (AvgIpc) is 2.42. The lowest BCUT2D eigenvalue weighted by Gasteiger charge is -2.09. The van der Waals surface area contributed by atoms with Gasteiger partial charge in [0.1, 0.15) is 5.82 Å². The van der Waals surface area contributed by atoms with Crippen molar-refractivity contribution in [3.8, 4) is 0 Å². The summed E-state index contributed by atoms with van der Waals surface area (Å²) >= 11 is 0. The molecule has 1 amide bonds. The number of rotatable bonds is 4. The van der Waals surface area contributed by atoms with Crippen LogP contribution in [0.4, 0.5) is 15.8 Å². The van der Waals surface area contributed by atoms with Crippen molar-refractivity contribution >= 4 is 27.3 Å². The highest BCUT2D eigenvalue weighted by Gasteiger charge is 2.10. The first-order valence-corrected chi connectivity index (χ1v) is 8.29. The highest BCUT2D eigenvalue weighted by Crippen LogP contribution is 2.17. The molecule has 2 aromatic carbocycles. The summed E-state index contributed by atoms with van der Waals surface area (Å²) < 4.78 is 37.7. The first-order chi connectivity index (χ1) is 10.2. The molecule has 2 rings (SSSR count).